The predicted octanol–water partition coefficient (Wildman–Crippen LogP) is 4.90. The summed E-state index contributed by atoms with van der Waals surface area (Å²) in [4.78, 5) is 0. The molecule has 0 atom stereocenters. The maximum Gasteiger partial charge on any atom is 0.119 e. The van der Waals surface area contributed by atoms with E-state index in [4.69, 9.17) is 4.74 Å². The van der Waals surface area contributed by atoms with E-state index in [0.29, 0.717) is 0 Å². The minimum Gasteiger partial charge on any atom is -0.494 e. The molecule has 1 saturated carbocycles. The van der Waals surface area contributed by atoms with E-state index in [1.165, 1.54) is 37.7 Å². The fourth-order valence-electron chi connectivity index (χ4n) is 2.52. The first-order chi connectivity index (χ1) is 8.40. The van der Waals surface area contributed by atoms with Crippen LogP contribution in [0.5, 0.6) is 5.75 Å². The van der Waals surface area contributed by atoms with Crippen LogP contribution >= 0.6 is 15.9 Å². The van der Waals surface area contributed by atoms with Gasteiger partial charge in [0.25, 0.3) is 0 Å². The van der Waals surface area contributed by atoms with Crippen LogP contribution in [0.25, 0.3) is 0 Å². The molecule has 1 aliphatic carbocycles. The number of alkyl halides is 1. The van der Waals surface area contributed by atoms with Gasteiger partial charge in [-0.25, -0.2) is 0 Å². The highest BCUT2D eigenvalue weighted by atomic mass is 79.9. The zero-order chi connectivity index (χ0) is 11.9. The van der Waals surface area contributed by atoms with Crippen LogP contribution in [0.4, 0.5) is 0 Å². The van der Waals surface area contributed by atoms with Crippen molar-refractivity contribution in [1.29, 1.82) is 0 Å². The molecule has 94 valence electrons. The van der Waals surface area contributed by atoms with E-state index in [0.717, 1.165) is 30.0 Å². The molecule has 2 heteroatoms. The Morgan fingerprint density at radius 1 is 1.06 bits per heavy atom. The summed E-state index contributed by atoms with van der Waals surface area (Å²) >= 11 is 3.41. The topological polar surface area (TPSA) is 9.23 Å². The second-order valence-electron chi connectivity index (χ2n) is 4.79. The van der Waals surface area contributed by atoms with Gasteiger partial charge >= 0.3 is 0 Å². The van der Waals surface area contributed by atoms with Crippen LogP contribution < -0.4 is 4.74 Å². The van der Waals surface area contributed by atoms with Gasteiger partial charge in [-0.05, 0) is 42.9 Å². The number of rotatable bonds is 5. The van der Waals surface area contributed by atoms with Crippen LogP contribution in [0.1, 0.15) is 50.0 Å². The van der Waals surface area contributed by atoms with Gasteiger partial charge in [0.05, 0.1) is 6.61 Å². The van der Waals surface area contributed by atoms with E-state index in [1.54, 1.807) is 0 Å². The van der Waals surface area contributed by atoms with Crippen molar-refractivity contribution < 1.29 is 4.74 Å². The van der Waals surface area contributed by atoms with Crippen LogP contribution in [-0.4, -0.2) is 11.9 Å². The van der Waals surface area contributed by atoms with Crippen molar-refractivity contribution in [3.63, 3.8) is 0 Å². The lowest BCUT2D eigenvalue weighted by Crippen LogP contribution is -2.04. The molecule has 0 N–H and O–H groups in total. The average molecular weight is 297 g/mol. The van der Waals surface area contributed by atoms with Crippen LogP contribution in [0.2, 0.25) is 0 Å². The van der Waals surface area contributed by atoms with Gasteiger partial charge in [-0.3, -0.25) is 0 Å². The number of benzene rings is 1. The fourth-order valence-corrected chi connectivity index (χ4v) is 2.75. The molecule has 1 aliphatic rings. The lowest BCUT2D eigenvalue weighted by molar-refractivity contribution is 0.319. The molecule has 0 saturated heterocycles. The highest BCUT2D eigenvalue weighted by Gasteiger charge is 2.14. The summed E-state index contributed by atoms with van der Waals surface area (Å²) in [5, 5.41) is 1.01. The minimum atomic E-state index is 0.792. The molecule has 0 radical (unpaired) electrons. The summed E-state index contributed by atoms with van der Waals surface area (Å²) < 4.78 is 5.66. The van der Waals surface area contributed by atoms with Crippen LogP contribution in [0.3, 0.4) is 0 Å². The zero-order valence-electron chi connectivity index (χ0n) is 10.3. The second-order valence-corrected chi connectivity index (χ2v) is 5.59. The van der Waals surface area contributed by atoms with E-state index >= 15 is 0 Å². The van der Waals surface area contributed by atoms with Crippen molar-refractivity contribution in [3.8, 4) is 5.75 Å². The molecule has 0 aromatic heterocycles. The predicted molar refractivity (Wildman–Crippen MR) is 76.2 cm³/mol. The highest BCUT2D eigenvalue weighted by Crippen LogP contribution is 2.33. The van der Waals surface area contributed by atoms with E-state index in [2.05, 4.69) is 40.2 Å². The summed E-state index contributed by atoms with van der Waals surface area (Å²) in [6.45, 7) is 0.800. The monoisotopic (exact) mass is 296 g/mol. The van der Waals surface area contributed by atoms with E-state index in [-0.39, 0.29) is 0 Å². The Morgan fingerprint density at radius 2 is 1.76 bits per heavy atom. The largest absolute Gasteiger partial charge is 0.494 e. The standard InChI is InChI=1S/C15H21BrO/c16-11-4-12-17-15-9-7-14(8-10-15)13-5-2-1-3-6-13/h7-10,13H,1-6,11-12H2. The van der Waals surface area contributed by atoms with Crippen LogP contribution in [-0.2, 0) is 0 Å². The molecule has 1 aromatic rings. The fraction of sp³-hybridized carbons (Fsp3) is 0.600. The molecule has 0 aliphatic heterocycles. The molecule has 0 heterocycles. The molecule has 0 bridgehead atoms. The summed E-state index contributed by atoms with van der Waals surface area (Å²) in [5.74, 6) is 1.80. The molecule has 1 fully saturated rings. The number of hydrogen-bond donors (Lipinski definition) is 0. The third kappa shape index (κ3) is 4.02. The van der Waals surface area contributed by atoms with Gasteiger partial charge < -0.3 is 4.74 Å². The summed E-state index contributed by atoms with van der Waals surface area (Å²) in [6.07, 6.45) is 8.00. The summed E-state index contributed by atoms with van der Waals surface area (Å²) in [7, 11) is 0. The third-order valence-electron chi connectivity index (χ3n) is 3.50. The molecule has 0 spiro atoms. The first kappa shape index (κ1) is 12.9. The quantitative estimate of drug-likeness (QED) is 0.555. The molecule has 2 rings (SSSR count). The highest BCUT2D eigenvalue weighted by molar-refractivity contribution is 9.09. The van der Waals surface area contributed by atoms with E-state index in [9.17, 15) is 0 Å². The maximum atomic E-state index is 5.66. The van der Waals surface area contributed by atoms with Crippen molar-refractivity contribution in [2.75, 3.05) is 11.9 Å². The van der Waals surface area contributed by atoms with Gasteiger partial charge in [-0.1, -0.05) is 47.3 Å². The van der Waals surface area contributed by atoms with Gasteiger partial charge in [-0.2, -0.15) is 0 Å². The van der Waals surface area contributed by atoms with Crippen molar-refractivity contribution in [1.82, 2.24) is 0 Å². The second kappa shape index (κ2) is 7.05. The zero-order valence-corrected chi connectivity index (χ0v) is 11.9. The van der Waals surface area contributed by atoms with Crippen molar-refractivity contribution in [3.05, 3.63) is 29.8 Å². The van der Waals surface area contributed by atoms with Crippen molar-refractivity contribution in [2.45, 2.75) is 44.4 Å². The first-order valence-corrected chi connectivity index (χ1v) is 7.81. The average Bonchev–Trinajstić information content (AvgIpc) is 2.41. The number of ether oxygens (including phenoxy) is 1. The Morgan fingerprint density at radius 3 is 2.41 bits per heavy atom. The lowest BCUT2D eigenvalue weighted by Gasteiger charge is -2.22. The molecule has 1 nitrogen and oxygen atoms in total. The Balaban J connectivity index is 1.88. The van der Waals surface area contributed by atoms with Gasteiger partial charge in [-0.15, -0.1) is 0 Å². The van der Waals surface area contributed by atoms with Crippen LogP contribution in [0.15, 0.2) is 24.3 Å². The molecule has 0 unspecified atom stereocenters. The smallest absolute Gasteiger partial charge is 0.119 e. The SMILES string of the molecule is BrCCCOc1ccc(C2CCCCC2)cc1. The van der Waals surface area contributed by atoms with Crippen molar-refractivity contribution >= 4 is 15.9 Å². The molecule has 0 amide bonds. The van der Waals surface area contributed by atoms with E-state index in [1.807, 2.05) is 0 Å². The van der Waals surface area contributed by atoms with Crippen LogP contribution in [0, 0.1) is 0 Å². The van der Waals surface area contributed by atoms with Gasteiger partial charge in [0.1, 0.15) is 5.75 Å². The maximum absolute atomic E-state index is 5.66. The van der Waals surface area contributed by atoms with Gasteiger partial charge in [0.2, 0.25) is 0 Å². The Bertz CT molecular complexity index is 314. The molecular formula is C15H21BrO. The Kier molecular flexibility index (Phi) is 5.37. The molecule has 1 aromatic carbocycles. The molecular weight excluding hydrogens is 276 g/mol. The Hall–Kier alpha value is -0.500. The third-order valence-corrected chi connectivity index (χ3v) is 4.06. The number of halogens is 1. The van der Waals surface area contributed by atoms with Gasteiger partial charge in [0.15, 0.2) is 0 Å². The normalized spacial score (nSPS) is 17.0. The van der Waals surface area contributed by atoms with E-state index < -0.39 is 0 Å². The van der Waals surface area contributed by atoms with Gasteiger partial charge in [0, 0.05) is 5.33 Å². The van der Waals surface area contributed by atoms with Crippen molar-refractivity contribution in [2.24, 2.45) is 0 Å². The molecule has 17 heavy (non-hydrogen) atoms. The summed E-state index contributed by atoms with van der Waals surface area (Å²) in [5.41, 5.74) is 1.50. The lowest BCUT2D eigenvalue weighted by atomic mass is 9.84. The Labute approximate surface area is 113 Å². The summed E-state index contributed by atoms with van der Waals surface area (Å²) in [6, 6.07) is 8.75. The minimum absolute atomic E-state index is 0.792. The number of hydrogen-bond acceptors (Lipinski definition) is 1. The first-order valence-electron chi connectivity index (χ1n) is 6.69.